The van der Waals surface area contributed by atoms with Crippen LogP contribution in [0.5, 0.6) is 0 Å². The Labute approximate surface area is 144 Å². The van der Waals surface area contributed by atoms with Crippen LogP contribution in [0.3, 0.4) is 0 Å². The van der Waals surface area contributed by atoms with E-state index in [1.54, 1.807) is 0 Å². The van der Waals surface area contributed by atoms with Crippen LogP contribution in [0, 0.1) is 0 Å². The Morgan fingerprint density at radius 2 is 1.71 bits per heavy atom. The molecule has 0 saturated carbocycles. The average Bonchev–Trinajstić information content (AvgIpc) is 3.01. The minimum Gasteiger partial charge on any atom is -0.400 e. The molecule has 3 heterocycles. The maximum Gasteiger partial charge on any atom is 0.487 e. The summed E-state index contributed by atoms with van der Waals surface area (Å²) in [5, 5.41) is 0. The molecule has 0 spiro atoms. The maximum atomic E-state index is 6.21. The lowest BCUT2D eigenvalue weighted by Gasteiger charge is -2.32. The van der Waals surface area contributed by atoms with Crippen molar-refractivity contribution in [3.63, 3.8) is 0 Å². The van der Waals surface area contributed by atoms with E-state index < -0.39 is 0 Å². The average molecular weight is 321 g/mol. The van der Waals surface area contributed by atoms with E-state index >= 15 is 0 Å². The van der Waals surface area contributed by atoms with Crippen LogP contribution in [-0.4, -0.2) is 22.9 Å². The Morgan fingerprint density at radius 1 is 1.00 bits per heavy atom. The Balaban J connectivity index is 1.81. The van der Waals surface area contributed by atoms with Gasteiger partial charge < -0.3 is 13.9 Å². The van der Waals surface area contributed by atoms with Gasteiger partial charge in [-0.3, -0.25) is 0 Å². The zero-order valence-corrected chi connectivity index (χ0v) is 14.9. The lowest BCUT2D eigenvalue weighted by molar-refractivity contribution is 0.00578. The van der Waals surface area contributed by atoms with Crippen LogP contribution in [-0.2, 0) is 22.3 Å². The summed E-state index contributed by atoms with van der Waals surface area (Å²) < 4.78 is 14.7. The summed E-state index contributed by atoms with van der Waals surface area (Å²) in [4.78, 5) is 0. The topological polar surface area (TPSA) is 23.4 Å². The fraction of sp³-hybridized carbons (Fsp3) is 0.400. The van der Waals surface area contributed by atoms with Crippen molar-refractivity contribution in [2.24, 2.45) is 0 Å². The summed E-state index contributed by atoms with van der Waals surface area (Å²) in [7, 11) is -0.334. The second kappa shape index (κ2) is 5.37. The standard InChI is InChI=1S/C20H24BNO2/c1-19(2)20(3,4)24-21(23-19)14-17-16-9-6-5-8-15(16)11-13-22-12-7-10-18(17)22/h5-10,12,14H,11,13H2,1-4H3/b17-14+. The molecule has 0 radical (unpaired) electrons. The van der Waals surface area contributed by atoms with Crippen LogP contribution >= 0.6 is 0 Å². The quantitative estimate of drug-likeness (QED) is 0.738. The first-order valence-corrected chi connectivity index (χ1v) is 8.69. The molecule has 1 saturated heterocycles. The van der Waals surface area contributed by atoms with Gasteiger partial charge in [0.25, 0.3) is 0 Å². The molecule has 124 valence electrons. The third-order valence-electron chi connectivity index (χ3n) is 5.61. The predicted octanol–water partition coefficient (Wildman–Crippen LogP) is 4.11. The minimum absolute atomic E-state index is 0.318. The molecule has 0 N–H and O–H groups in total. The molecule has 0 amide bonds. The number of aryl methyl sites for hydroxylation is 2. The molecule has 1 aromatic heterocycles. The van der Waals surface area contributed by atoms with Gasteiger partial charge in [-0.1, -0.05) is 24.3 Å². The number of hydrogen-bond donors (Lipinski definition) is 0. The lowest BCUT2D eigenvalue weighted by atomic mass is 9.83. The molecule has 2 aliphatic rings. The van der Waals surface area contributed by atoms with Gasteiger partial charge in [-0.15, -0.1) is 0 Å². The van der Waals surface area contributed by atoms with Crippen molar-refractivity contribution in [2.75, 3.05) is 0 Å². The number of nitrogens with zero attached hydrogens (tertiary/aromatic N) is 1. The summed E-state index contributed by atoms with van der Waals surface area (Å²) in [5.41, 5.74) is 4.46. The van der Waals surface area contributed by atoms with E-state index in [9.17, 15) is 0 Å². The summed E-state index contributed by atoms with van der Waals surface area (Å²) in [6.45, 7) is 9.37. The second-order valence-corrected chi connectivity index (χ2v) is 7.70. The molecular weight excluding hydrogens is 297 g/mol. The molecule has 24 heavy (non-hydrogen) atoms. The Morgan fingerprint density at radius 3 is 2.46 bits per heavy atom. The molecule has 0 atom stereocenters. The number of aromatic nitrogens is 1. The van der Waals surface area contributed by atoms with Crippen LogP contribution in [0.2, 0.25) is 0 Å². The van der Waals surface area contributed by atoms with E-state index in [2.05, 4.69) is 80.8 Å². The molecular formula is C20H24BNO2. The van der Waals surface area contributed by atoms with Gasteiger partial charge in [0.15, 0.2) is 0 Å². The normalized spacial score (nSPS) is 23.0. The largest absolute Gasteiger partial charge is 0.487 e. The highest BCUT2D eigenvalue weighted by atomic mass is 16.7. The fourth-order valence-corrected chi connectivity index (χ4v) is 3.50. The van der Waals surface area contributed by atoms with Crippen LogP contribution in [0.15, 0.2) is 48.6 Å². The van der Waals surface area contributed by atoms with E-state index in [1.807, 2.05) is 0 Å². The molecule has 2 aromatic rings. The first-order valence-electron chi connectivity index (χ1n) is 8.69. The van der Waals surface area contributed by atoms with E-state index in [1.165, 1.54) is 22.4 Å². The van der Waals surface area contributed by atoms with Crippen molar-refractivity contribution in [3.8, 4) is 0 Å². The molecule has 3 nitrogen and oxygen atoms in total. The summed E-state index contributed by atoms with van der Waals surface area (Å²) in [6.07, 6.45) is 3.19. The van der Waals surface area contributed by atoms with Crippen molar-refractivity contribution in [1.29, 1.82) is 0 Å². The molecule has 0 aliphatic carbocycles. The van der Waals surface area contributed by atoms with Crippen LogP contribution in [0.25, 0.3) is 5.57 Å². The van der Waals surface area contributed by atoms with E-state index in [4.69, 9.17) is 9.31 Å². The van der Waals surface area contributed by atoms with Gasteiger partial charge in [0.05, 0.1) is 11.2 Å². The van der Waals surface area contributed by atoms with Crippen LogP contribution in [0.4, 0.5) is 0 Å². The molecule has 1 aromatic carbocycles. The number of hydrogen-bond acceptors (Lipinski definition) is 2. The van der Waals surface area contributed by atoms with Gasteiger partial charge in [0.1, 0.15) is 0 Å². The van der Waals surface area contributed by atoms with Crippen LogP contribution < -0.4 is 0 Å². The molecule has 0 unspecified atom stereocenters. The van der Waals surface area contributed by atoms with E-state index in [0.717, 1.165) is 13.0 Å². The molecule has 1 fully saturated rings. The monoisotopic (exact) mass is 321 g/mol. The third-order valence-corrected chi connectivity index (χ3v) is 5.61. The first kappa shape index (κ1) is 15.7. The Kier molecular flexibility index (Phi) is 3.52. The highest BCUT2D eigenvalue weighted by Crippen LogP contribution is 2.39. The molecule has 4 heteroatoms. The zero-order valence-electron chi connectivity index (χ0n) is 14.9. The Bertz CT molecular complexity index is 787. The summed E-state index contributed by atoms with van der Waals surface area (Å²) >= 11 is 0. The first-order chi connectivity index (χ1) is 11.4. The van der Waals surface area contributed by atoms with Crippen molar-refractivity contribution in [3.05, 3.63) is 65.4 Å². The van der Waals surface area contributed by atoms with Gasteiger partial charge >= 0.3 is 7.12 Å². The van der Waals surface area contributed by atoms with Gasteiger partial charge in [-0.05, 0) is 68.9 Å². The highest BCUT2D eigenvalue weighted by Gasteiger charge is 2.50. The SMILES string of the molecule is CC1(C)OB(/C=C2\c3ccccc3CCn3cccc32)OC1(C)C. The van der Waals surface area contributed by atoms with Crippen molar-refractivity contribution in [1.82, 2.24) is 4.57 Å². The third kappa shape index (κ3) is 2.45. The second-order valence-electron chi connectivity index (χ2n) is 7.70. The van der Waals surface area contributed by atoms with Gasteiger partial charge in [-0.25, -0.2) is 0 Å². The lowest BCUT2D eigenvalue weighted by Crippen LogP contribution is -2.41. The molecule has 4 rings (SSSR count). The predicted molar refractivity (Wildman–Crippen MR) is 97.7 cm³/mol. The Hall–Kier alpha value is -1.78. The number of rotatable bonds is 1. The smallest absolute Gasteiger partial charge is 0.400 e. The van der Waals surface area contributed by atoms with Gasteiger partial charge in [0, 0.05) is 18.4 Å². The van der Waals surface area contributed by atoms with Crippen molar-refractivity contribution in [2.45, 2.75) is 51.9 Å². The van der Waals surface area contributed by atoms with Crippen molar-refractivity contribution < 1.29 is 9.31 Å². The number of fused-ring (bicyclic) bond motifs is 2. The number of benzene rings is 1. The fourth-order valence-electron chi connectivity index (χ4n) is 3.50. The van der Waals surface area contributed by atoms with E-state index in [0.29, 0.717) is 0 Å². The minimum atomic E-state index is -0.334. The maximum absolute atomic E-state index is 6.21. The van der Waals surface area contributed by atoms with E-state index in [-0.39, 0.29) is 18.3 Å². The zero-order chi connectivity index (χ0) is 16.9. The van der Waals surface area contributed by atoms with Gasteiger partial charge in [0.2, 0.25) is 0 Å². The summed E-state index contributed by atoms with van der Waals surface area (Å²) in [5.74, 6) is 2.15. The summed E-state index contributed by atoms with van der Waals surface area (Å²) in [6, 6.07) is 12.9. The molecule has 2 aliphatic heterocycles. The highest BCUT2D eigenvalue weighted by molar-refractivity contribution is 6.53. The van der Waals surface area contributed by atoms with Crippen LogP contribution in [0.1, 0.15) is 44.5 Å². The van der Waals surface area contributed by atoms with Crippen molar-refractivity contribution >= 4 is 12.7 Å². The molecule has 0 bridgehead atoms. The van der Waals surface area contributed by atoms with Gasteiger partial charge in [-0.2, -0.15) is 0 Å².